The van der Waals surface area contributed by atoms with Gasteiger partial charge in [0.05, 0.1) is 0 Å². The molecule has 20 heavy (non-hydrogen) atoms. The first-order valence-corrected chi connectivity index (χ1v) is 8.17. The van der Waals surface area contributed by atoms with Crippen LogP contribution in [0.25, 0.3) is 0 Å². The van der Waals surface area contributed by atoms with E-state index in [0.29, 0.717) is 18.9 Å². The Balaban J connectivity index is 0.000000200. The van der Waals surface area contributed by atoms with Gasteiger partial charge in [-0.1, -0.05) is 25.7 Å². The maximum absolute atomic E-state index is 11.0. The van der Waals surface area contributed by atoms with E-state index in [9.17, 15) is 9.59 Å². The highest BCUT2D eigenvalue weighted by atomic mass is 35.5. The lowest BCUT2D eigenvalue weighted by Gasteiger charge is -2.13. The van der Waals surface area contributed by atoms with Crippen LogP contribution in [0.5, 0.6) is 0 Å². The molecule has 0 atom stereocenters. The smallest absolute Gasteiger partial charge is 0.222 e. The van der Waals surface area contributed by atoms with E-state index in [1.165, 1.54) is 25.7 Å². The van der Waals surface area contributed by atoms with Crippen molar-refractivity contribution in [2.45, 2.75) is 57.8 Å². The molecule has 2 N–H and O–H groups in total. The Bertz CT molecular complexity index is 304. The molecule has 0 unspecified atom stereocenters. The van der Waals surface area contributed by atoms with Gasteiger partial charge in [0.1, 0.15) is 0 Å². The summed E-state index contributed by atoms with van der Waals surface area (Å²) in [5, 5.41) is -0.174. The number of amides is 1. The lowest BCUT2D eigenvalue weighted by Crippen LogP contribution is -2.27. The highest BCUT2D eigenvalue weighted by Crippen LogP contribution is 2.28. The van der Waals surface area contributed by atoms with Gasteiger partial charge in [-0.2, -0.15) is 0 Å². The average Bonchev–Trinajstić information content (AvgIpc) is 3.06. The fourth-order valence-corrected chi connectivity index (χ4v) is 2.95. The predicted octanol–water partition coefficient (Wildman–Crippen LogP) is 2.68. The van der Waals surface area contributed by atoms with Crippen molar-refractivity contribution in [1.82, 2.24) is 4.90 Å². The minimum atomic E-state index is -0.174. The molecule has 0 aromatic carbocycles. The second kappa shape index (κ2) is 10.2. The summed E-state index contributed by atoms with van der Waals surface area (Å²) in [5.41, 5.74) is 5.31. The molecule has 2 aliphatic rings. The minimum Gasteiger partial charge on any atom is -0.343 e. The summed E-state index contributed by atoms with van der Waals surface area (Å²) in [6.45, 7) is 2.48. The molecule has 1 aliphatic heterocycles. The van der Waals surface area contributed by atoms with E-state index >= 15 is 0 Å². The predicted molar refractivity (Wildman–Crippen MR) is 81.5 cm³/mol. The van der Waals surface area contributed by atoms with E-state index in [2.05, 4.69) is 0 Å². The fraction of sp³-hybridized carbons (Fsp3) is 0.867. The molecule has 2 fully saturated rings. The highest BCUT2D eigenvalue weighted by molar-refractivity contribution is 6.63. The highest BCUT2D eigenvalue weighted by Gasteiger charge is 2.18. The lowest BCUT2D eigenvalue weighted by atomic mass is 10.0. The van der Waals surface area contributed by atoms with Gasteiger partial charge in [-0.05, 0) is 43.3 Å². The van der Waals surface area contributed by atoms with Crippen molar-refractivity contribution >= 4 is 22.8 Å². The number of rotatable bonds is 6. The van der Waals surface area contributed by atoms with E-state index in [4.69, 9.17) is 17.3 Å². The largest absolute Gasteiger partial charge is 0.343 e. The molecule has 1 saturated heterocycles. The summed E-state index contributed by atoms with van der Waals surface area (Å²) in [6.07, 6.45) is 9.62. The monoisotopic (exact) mass is 302 g/mol. The lowest BCUT2D eigenvalue weighted by molar-refractivity contribution is -0.127. The van der Waals surface area contributed by atoms with Gasteiger partial charge in [0.2, 0.25) is 11.1 Å². The summed E-state index contributed by atoms with van der Waals surface area (Å²) in [5.74, 6) is 1.09. The van der Waals surface area contributed by atoms with Gasteiger partial charge in [-0.25, -0.2) is 0 Å². The summed E-state index contributed by atoms with van der Waals surface area (Å²) in [4.78, 5) is 23.2. The van der Waals surface area contributed by atoms with Crippen molar-refractivity contribution in [2.75, 3.05) is 19.6 Å². The summed E-state index contributed by atoms with van der Waals surface area (Å²) >= 11 is 5.22. The van der Waals surface area contributed by atoms with E-state index in [0.717, 1.165) is 44.7 Å². The Morgan fingerprint density at radius 3 is 2.50 bits per heavy atom. The standard InChI is InChI=1S/C8H13ClO.C7H14N2O/c9-8(10)6-5-7-3-1-2-4-7;8-4-2-6-9-5-1-3-7(9)10/h7H,1-6H2;1-6,8H2. The molecule has 0 aromatic heterocycles. The summed E-state index contributed by atoms with van der Waals surface area (Å²) < 4.78 is 0. The molecular formula is C15H27ClN2O2. The topological polar surface area (TPSA) is 63.4 Å². The first kappa shape index (κ1) is 17.4. The third-order valence-electron chi connectivity index (χ3n) is 4.03. The molecule has 4 nitrogen and oxygen atoms in total. The molecule has 0 radical (unpaired) electrons. The van der Waals surface area contributed by atoms with Crippen molar-refractivity contribution in [3.63, 3.8) is 0 Å². The normalized spacial score (nSPS) is 19.1. The molecule has 1 saturated carbocycles. The van der Waals surface area contributed by atoms with Crippen LogP contribution in [0.4, 0.5) is 0 Å². The number of hydrogen-bond donors (Lipinski definition) is 1. The third kappa shape index (κ3) is 7.25. The van der Waals surface area contributed by atoms with Crippen LogP contribution in [-0.2, 0) is 9.59 Å². The average molecular weight is 303 g/mol. The zero-order valence-electron chi connectivity index (χ0n) is 12.3. The zero-order chi connectivity index (χ0) is 14.8. The van der Waals surface area contributed by atoms with Crippen LogP contribution in [0, 0.1) is 5.92 Å². The first-order valence-electron chi connectivity index (χ1n) is 7.79. The maximum atomic E-state index is 11.0. The van der Waals surface area contributed by atoms with Crippen molar-refractivity contribution in [2.24, 2.45) is 11.7 Å². The van der Waals surface area contributed by atoms with Gasteiger partial charge in [-0.3, -0.25) is 9.59 Å². The van der Waals surface area contributed by atoms with E-state index in [1.54, 1.807) is 0 Å². The Hall–Kier alpha value is -0.610. The number of nitrogens with two attached hydrogens (primary N) is 1. The van der Waals surface area contributed by atoms with Gasteiger partial charge in [0, 0.05) is 25.9 Å². The van der Waals surface area contributed by atoms with Crippen molar-refractivity contribution in [3.8, 4) is 0 Å². The van der Waals surface area contributed by atoms with Gasteiger partial charge in [-0.15, -0.1) is 0 Å². The molecule has 0 spiro atoms. The van der Waals surface area contributed by atoms with Crippen molar-refractivity contribution in [3.05, 3.63) is 0 Å². The molecule has 1 heterocycles. The number of hydrogen-bond acceptors (Lipinski definition) is 3. The minimum absolute atomic E-state index is 0.174. The van der Waals surface area contributed by atoms with Gasteiger partial charge < -0.3 is 10.6 Å². The number of carbonyl (C=O) groups is 2. The van der Waals surface area contributed by atoms with E-state index in [1.807, 2.05) is 4.90 Å². The second-order valence-electron chi connectivity index (χ2n) is 5.67. The van der Waals surface area contributed by atoms with Crippen LogP contribution in [0.2, 0.25) is 0 Å². The number of nitrogens with zero attached hydrogens (tertiary/aromatic N) is 1. The van der Waals surface area contributed by atoms with Crippen LogP contribution in [0.3, 0.4) is 0 Å². The molecule has 0 bridgehead atoms. The molecular weight excluding hydrogens is 276 g/mol. The van der Waals surface area contributed by atoms with Crippen molar-refractivity contribution in [1.29, 1.82) is 0 Å². The third-order valence-corrected chi connectivity index (χ3v) is 4.22. The molecule has 116 valence electrons. The Kier molecular flexibility index (Phi) is 8.86. The summed E-state index contributed by atoms with van der Waals surface area (Å²) in [6, 6.07) is 0. The molecule has 2 rings (SSSR count). The van der Waals surface area contributed by atoms with Crippen LogP contribution in [0.1, 0.15) is 57.8 Å². The van der Waals surface area contributed by atoms with Crippen molar-refractivity contribution < 1.29 is 9.59 Å². The fourth-order valence-electron chi connectivity index (χ4n) is 2.84. The Morgan fingerprint density at radius 1 is 1.30 bits per heavy atom. The molecule has 0 aromatic rings. The van der Waals surface area contributed by atoms with Gasteiger partial charge in [0.25, 0.3) is 0 Å². The molecule has 5 heteroatoms. The summed E-state index contributed by atoms with van der Waals surface area (Å²) in [7, 11) is 0. The van der Waals surface area contributed by atoms with Crippen LogP contribution in [-0.4, -0.2) is 35.7 Å². The van der Waals surface area contributed by atoms with Gasteiger partial charge in [0.15, 0.2) is 0 Å². The SMILES string of the molecule is NCCCN1CCCC1=O.O=C(Cl)CCC1CCCC1. The quantitative estimate of drug-likeness (QED) is 0.767. The second-order valence-corrected chi connectivity index (χ2v) is 6.09. The molecule has 1 aliphatic carbocycles. The number of carbonyl (C=O) groups excluding carboxylic acids is 2. The zero-order valence-corrected chi connectivity index (χ0v) is 13.0. The maximum Gasteiger partial charge on any atom is 0.222 e. The Labute approximate surface area is 127 Å². The Morgan fingerprint density at radius 2 is 2.00 bits per heavy atom. The molecule has 1 amide bonds. The number of likely N-dealkylation sites (tertiary alicyclic amines) is 1. The number of halogens is 1. The van der Waals surface area contributed by atoms with Crippen LogP contribution in [0.15, 0.2) is 0 Å². The van der Waals surface area contributed by atoms with Crippen LogP contribution >= 0.6 is 11.6 Å². The van der Waals surface area contributed by atoms with Crippen LogP contribution < -0.4 is 5.73 Å². The van der Waals surface area contributed by atoms with E-state index < -0.39 is 0 Å². The van der Waals surface area contributed by atoms with E-state index in [-0.39, 0.29) is 5.24 Å². The van der Waals surface area contributed by atoms with Gasteiger partial charge >= 0.3 is 0 Å². The first-order chi connectivity index (χ1) is 9.63.